The molecule has 0 saturated carbocycles. The molecule has 1 N–H and O–H groups in total. The van der Waals surface area contributed by atoms with Gasteiger partial charge < -0.3 is 14.8 Å². The van der Waals surface area contributed by atoms with Gasteiger partial charge in [-0.25, -0.2) is 0 Å². The number of nitrogens with one attached hydrogen (secondary N) is 1. The van der Waals surface area contributed by atoms with Crippen molar-refractivity contribution in [2.24, 2.45) is 0 Å². The minimum Gasteiger partial charge on any atom is -0.490 e. The lowest BCUT2D eigenvalue weighted by Crippen LogP contribution is -2.13. The Morgan fingerprint density at radius 3 is 2.36 bits per heavy atom. The number of rotatable bonds is 9. The molecule has 0 bridgehead atoms. The Balaban J connectivity index is 1.69. The van der Waals surface area contributed by atoms with Crippen LogP contribution in [0.4, 0.5) is 0 Å². The van der Waals surface area contributed by atoms with Gasteiger partial charge in [0.2, 0.25) is 0 Å². The number of halogens is 2. The molecule has 0 aliphatic heterocycles. The van der Waals surface area contributed by atoms with E-state index in [1.54, 1.807) is 18.5 Å². The number of nitrogens with zero attached hydrogens (tertiary/aromatic N) is 1. The Kier molecular flexibility index (Phi) is 7.54. The molecule has 0 saturated heterocycles. The third kappa shape index (κ3) is 5.61. The molecule has 3 rings (SSSR count). The molecule has 0 aliphatic carbocycles. The van der Waals surface area contributed by atoms with Gasteiger partial charge in [-0.3, -0.25) is 4.98 Å². The van der Waals surface area contributed by atoms with Gasteiger partial charge in [-0.15, -0.1) is 0 Å². The summed E-state index contributed by atoms with van der Waals surface area (Å²) in [6.45, 7) is 4.16. The summed E-state index contributed by atoms with van der Waals surface area (Å²) in [5.41, 5.74) is 3.02. The molecule has 0 aliphatic rings. The highest BCUT2D eigenvalue weighted by atomic mass is 35.5. The van der Waals surface area contributed by atoms with E-state index in [0.717, 1.165) is 23.2 Å². The van der Waals surface area contributed by atoms with Crippen LogP contribution >= 0.6 is 23.2 Å². The van der Waals surface area contributed by atoms with Crippen LogP contribution in [0, 0.1) is 0 Å². The highest BCUT2D eigenvalue weighted by Gasteiger charge is 2.12. The summed E-state index contributed by atoms with van der Waals surface area (Å²) in [6, 6.07) is 15.3. The van der Waals surface area contributed by atoms with E-state index in [4.69, 9.17) is 32.7 Å². The first-order valence-electron chi connectivity index (χ1n) is 9.08. The lowest BCUT2D eigenvalue weighted by Gasteiger charge is -2.16. The summed E-state index contributed by atoms with van der Waals surface area (Å²) in [5.74, 6) is 1.27. The smallest absolute Gasteiger partial charge is 0.163 e. The van der Waals surface area contributed by atoms with Gasteiger partial charge in [-0.05, 0) is 42.3 Å². The Morgan fingerprint density at radius 1 is 0.857 bits per heavy atom. The summed E-state index contributed by atoms with van der Waals surface area (Å²) in [7, 11) is 0. The third-order valence-corrected chi connectivity index (χ3v) is 4.87. The van der Waals surface area contributed by atoms with Gasteiger partial charge in [-0.1, -0.05) is 41.4 Å². The lowest BCUT2D eigenvalue weighted by atomic mass is 10.2. The van der Waals surface area contributed by atoms with Gasteiger partial charge in [0.25, 0.3) is 0 Å². The van der Waals surface area contributed by atoms with Crippen molar-refractivity contribution in [1.82, 2.24) is 10.3 Å². The Hall–Kier alpha value is -2.27. The fourth-order valence-electron chi connectivity index (χ4n) is 2.71. The zero-order chi connectivity index (χ0) is 19.8. The number of pyridine rings is 1. The summed E-state index contributed by atoms with van der Waals surface area (Å²) in [4.78, 5) is 4.02. The molecule has 0 fully saturated rings. The molecular formula is C22H22Cl2N2O2. The fourth-order valence-corrected chi connectivity index (χ4v) is 3.12. The third-order valence-electron chi connectivity index (χ3n) is 4.15. The monoisotopic (exact) mass is 416 g/mol. The standard InChI is InChI=1S/C22H22Cl2N2O2/c1-2-27-21-11-18(14-26-13-16-7-9-25-10-8-16)20(24)12-22(21)28-15-17-5-3-4-6-19(17)23/h3-12,26H,2,13-15H2,1H3. The van der Waals surface area contributed by atoms with Crippen molar-refractivity contribution in [3.8, 4) is 11.5 Å². The lowest BCUT2D eigenvalue weighted by molar-refractivity contribution is 0.269. The van der Waals surface area contributed by atoms with Crippen molar-refractivity contribution in [2.75, 3.05) is 6.61 Å². The summed E-state index contributed by atoms with van der Waals surface area (Å²) in [5, 5.41) is 4.68. The minimum atomic E-state index is 0.343. The second-order valence-electron chi connectivity index (χ2n) is 6.16. The first kappa shape index (κ1) is 20.5. The van der Waals surface area contributed by atoms with Crippen LogP contribution in [0.5, 0.6) is 11.5 Å². The summed E-state index contributed by atoms with van der Waals surface area (Å²) in [6.07, 6.45) is 3.56. The van der Waals surface area contributed by atoms with Crippen molar-refractivity contribution < 1.29 is 9.47 Å². The second-order valence-corrected chi connectivity index (χ2v) is 6.98. The summed E-state index contributed by atoms with van der Waals surface area (Å²) < 4.78 is 11.7. The van der Waals surface area contributed by atoms with Crippen molar-refractivity contribution in [3.63, 3.8) is 0 Å². The molecule has 0 spiro atoms. The van der Waals surface area contributed by atoms with Crippen molar-refractivity contribution in [3.05, 3.63) is 87.7 Å². The van der Waals surface area contributed by atoms with E-state index in [1.807, 2.05) is 49.4 Å². The number of ether oxygens (including phenoxy) is 2. The highest BCUT2D eigenvalue weighted by molar-refractivity contribution is 6.31. The van der Waals surface area contributed by atoms with Gasteiger partial charge in [0.1, 0.15) is 6.61 Å². The van der Waals surface area contributed by atoms with E-state index in [-0.39, 0.29) is 0 Å². The van der Waals surface area contributed by atoms with E-state index in [1.165, 1.54) is 0 Å². The number of hydrogen-bond acceptors (Lipinski definition) is 4. The van der Waals surface area contributed by atoms with Gasteiger partial charge in [0.05, 0.1) is 6.61 Å². The molecule has 4 nitrogen and oxygen atoms in total. The molecule has 3 aromatic rings. The number of hydrogen-bond donors (Lipinski definition) is 1. The molecule has 1 aromatic heterocycles. The number of benzene rings is 2. The van der Waals surface area contributed by atoms with Crippen LogP contribution in [0.25, 0.3) is 0 Å². The molecule has 0 amide bonds. The molecule has 6 heteroatoms. The van der Waals surface area contributed by atoms with E-state index in [9.17, 15) is 0 Å². The Labute approximate surface area is 175 Å². The zero-order valence-corrected chi connectivity index (χ0v) is 17.1. The van der Waals surface area contributed by atoms with Crippen molar-refractivity contribution in [1.29, 1.82) is 0 Å². The molecular weight excluding hydrogens is 395 g/mol. The molecule has 28 heavy (non-hydrogen) atoms. The molecule has 0 unspecified atom stereocenters. The van der Waals surface area contributed by atoms with Gasteiger partial charge in [0, 0.05) is 47.2 Å². The number of aromatic nitrogens is 1. The van der Waals surface area contributed by atoms with Crippen LogP contribution in [-0.4, -0.2) is 11.6 Å². The van der Waals surface area contributed by atoms with Crippen LogP contribution in [-0.2, 0) is 19.7 Å². The maximum atomic E-state index is 6.48. The average Bonchev–Trinajstić information content (AvgIpc) is 2.71. The quantitative estimate of drug-likeness (QED) is 0.488. The van der Waals surface area contributed by atoms with Crippen LogP contribution in [0.2, 0.25) is 10.0 Å². The maximum absolute atomic E-state index is 6.48. The Morgan fingerprint density at radius 2 is 1.61 bits per heavy atom. The van der Waals surface area contributed by atoms with Gasteiger partial charge in [0.15, 0.2) is 11.5 Å². The normalized spacial score (nSPS) is 10.7. The first-order valence-corrected chi connectivity index (χ1v) is 9.84. The van der Waals surface area contributed by atoms with Crippen LogP contribution in [0.15, 0.2) is 60.9 Å². The van der Waals surface area contributed by atoms with E-state index < -0.39 is 0 Å². The predicted octanol–water partition coefficient (Wildman–Crippen LogP) is 5.66. The molecule has 146 valence electrons. The second kappa shape index (κ2) is 10.3. The van der Waals surface area contributed by atoms with Crippen molar-refractivity contribution >= 4 is 23.2 Å². The minimum absolute atomic E-state index is 0.343. The van der Waals surface area contributed by atoms with E-state index >= 15 is 0 Å². The van der Waals surface area contributed by atoms with Gasteiger partial charge in [-0.2, -0.15) is 0 Å². The average molecular weight is 417 g/mol. The SMILES string of the molecule is CCOc1cc(CNCc2ccncc2)c(Cl)cc1OCc1ccccc1Cl. The highest BCUT2D eigenvalue weighted by Crippen LogP contribution is 2.34. The Bertz CT molecular complexity index is 904. The first-order chi connectivity index (χ1) is 13.7. The molecule has 2 aromatic carbocycles. The zero-order valence-electron chi connectivity index (χ0n) is 15.6. The summed E-state index contributed by atoms with van der Waals surface area (Å²) >= 11 is 12.7. The van der Waals surface area contributed by atoms with Crippen LogP contribution < -0.4 is 14.8 Å². The molecule has 1 heterocycles. The predicted molar refractivity (Wildman–Crippen MR) is 113 cm³/mol. The molecule has 0 atom stereocenters. The van der Waals surface area contributed by atoms with Crippen LogP contribution in [0.3, 0.4) is 0 Å². The van der Waals surface area contributed by atoms with Crippen molar-refractivity contribution in [2.45, 2.75) is 26.6 Å². The molecule has 0 radical (unpaired) electrons. The maximum Gasteiger partial charge on any atom is 0.163 e. The van der Waals surface area contributed by atoms with E-state index in [0.29, 0.717) is 41.3 Å². The topological polar surface area (TPSA) is 43.4 Å². The van der Waals surface area contributed by atoms with E-state index in [2.05, 4.69) is 10.3 Å². The van der Waals surface area contributed by atoms with Gasteiger partial charge >= 0.3 is 0 Å². The largest absolute Gasteiger partial charge is 0.490 e. The van der Waals surface area contributed by atoms with Crippen LogP contribution in [0.1, 0.15) is 23.6 Å². The fraction of sp³-hybridized carbons (Fsp3) is 0.227.